The van der Waals surface area contributed by atoms with E-state index >= 15 is 0 Å². The molecule has 1 aromatic heterocycles. The van der Waals surface area contributed by atoms with Crippen molar-refractivity contribution in [1.29, 1.82) is 0 Å². The molecular formula is C22H27ClN4O3S. The number of aromatic nitrogens is 2. The van der Waals surface area contributed by atoms with Crippen molar-refractivity contribution in [2.45, 2.75) is 37.6 Å². The van der Waals surface area contributed by atoms with Gasteiger partial charge in [-0.3, -0.25) is 4.79 Å². The molecule has 1 N–H and O–H groups in total. The summed E-state index contributed by atoms with van der Waals surface area (Å²) in [5.41, 5.74) is 2.54. The topological polar surface area (TPSA) is 84.3 Å². The number of hydrogen-bond acceptors (Lipinski definition) is 4. The van der Waals surface area contributed by atoms with Crippen LogP contribution >= 0.6 is 11.6 Å². The summed E-state index contributed by atoms with van der Waals surface area (Å²) in [6, 6.07) is 12.5. The van der Waals surface area contributed by atoms with Gasteiger partial charge in [-0.2, -0.15) is 0 Å². The Hall–Kier alpha value is -2.42. The summed E-state index contributed by atoms with van der Waals surface area (Å²) >= 11 is 5.98. The highest BCUT2D eigenvalue weighted by atomic mass is 35.5. The lowest BCUT2D eigenvalue weighted by molar-refractivity contribution is -0.121. The molecule has 0 atom stereocenters. The fraction of sp³-hybridized carbons (Fsp3) is 0.364. The van der Waals surface area contributed by atoms with Crippen LogP contribution in [0, 0.1) is 0 Å². The summed E-state index contributed by atoms with van der Waals surface area (Å²) < 4.78 is 28.0. The van der Waals surface area contributed by atoms with Gasteiger partial charge in [0.1, 0.15) is 5.82 Å². The lowest BCUT2D eigenvalue weighted by Gasteiger charge is -2.11. The van der Waals surface area contributed by atoms with Crippen molar-refractivity contribution in [3.8, 4) is 0 Å². The number of sulfonamides is 1. The maximum Gasteiger partial charge on any atom is 0.242 e. The van der Waals surface area contributed by atoms with E-state index in [0.29, 0.717) is 42.9 Å². The predicted octanol–water partition coefficient (Wildman–Crippen LogP) is 3.25. The molecule has 31 heavy (non-hydrogen) atoms. The van der Waals surface area contributed by atoms with Crippen LogP contribution in [0.5, 0.6) is 0 Å². The van der Waals surface area contributed by atoms with Crippen LogP contribution in [-0.4, -0.2) is 48.8 Å². The first kappa shape index (κ1) is 23.2. The van der Waals surface area contributed by atoms with Crippen LogP contribution in [0.4, 0.5) is 0 Å². The van der Waals surface area contributed by atoms with Gasteiger partial charge in [-0.25, -0.2) is 17.7 Å². The highest BCUT2D eigenvalue weighted by Crippen LogP contribution is 2.22. The predicted molar refractivity (Wildman–Crippen MR) is 123 cm³/mol. The van der Waals surface area contributed by atoms with Crippen LogP contribution in [0.2, 0.25) is 5.02 Å². The monoisotopic (exact) mass is 462 g/mol. The number of carbonyl (C=O) groups is 1. The van der Waals surface area contributed by atoms with Crippen molar-refractivity contribution >= 4 is 38.6 Å². The van der Waals surface area contributed by atoms with Crippen molar-refractivity contribution in [3.63, 3.8) is 0 Å². The summed E-state index contributed by atoms with van der Waals surface area (Å²) in [6.45, 7) is 3.22. The fourth-order valence-electron chi connectivity index (χ4n) is 3.43. The second kappa shape index (κ2) is 9.80. The molecule has 0 unspecified atom stereocenters. The number of carbonyl (C=O) groups excluding carboxylic acids is 1. The van der Waals surface area contributed by atoms with Crippen LogP contribution in [0.1, 0.15) is 24.7 Å². The zero-order valence-corrected chi connectivity index (χ0v) is 19.5. The molecule has 0 spiro atoms. The molecule has 0 fully saturated rings. The standard InChI is InChI=1S/C22H27ClN4O3S/c1-4-27-20-9-8-18(31(29,30)26(2)3)15-19(20)25-21(27)10-11-22(28)24-13-12-16-6-5-7-17(23)14-16/h5-9,14-15H,4,10-13H2,1-3H3,(H,24,28). The molecule has 2 aromatic carbocycles. The van der Waals surface area contributed by atoms with Crippen molar-refractivity contribution < 1.29 is 13.2 Å². The van der Waals surface area contributed by atoms with Gasteiger partial charge in [-0.1, -0.05) is 23.7 Å². The fourth-order valence-corrected chi connectivity index (χ4v) is 4.56. The van der Waals surface area contributed by atoms with Gasteiger partial charge >= 0.3 is 0 Å². The zero-order chi connectivity index (χ0) is 22.6. The molecule has 3 aromatic rings. The van der Waals surface area contributed by atoms with Gasteiger partial charge in [-0.15, -0.1) is 0 Å². The average Bonchev–Trinajstić information content (AvgIpc) is 3.08. The van der Waals surface area contributed by atoms with Crippen molar-refractivity contribution in [2.24, 2.45) is 0 Å². The van der Waals surface area contributed by atoms with E-state index in [2.05, 4.69) is 10.3 Å². The number of amides is 1. The number of halogens is 1. The Kier molecular flexibility index (Phi) is 7.35. The lowest BCUT2D eigenvalue weighted by Crippen LogP contribution is -2.26. The van der Waals surface area contributed by atoms with Crippen LogP contribution in [0.25, 0.3) is 11.0 Å². The highest BCUT2D eigenvalue weighted by molar-refractivity contribution is 7.89. The number of benzene rings is 2. The van der Waals surface area contributed by atoms with Crippen LogP contribution < -0.4 is 5.32 Å². The van der Waals surface area contributed by atoms with Gasteiger partial charge in [0.2, 0.25) is 15.9 Å². The molecule has 0 radical (unpaired) electrons. The van der Waals surface area contributed by atoms with E-state index in [-0.39, 0.29) is 10.8 Å². The molecule has 0 bridgehead atoms. The van der Waals surface area contributed by atoms with Crippen molar-refractivity contribution in [1.82, 2.24) is 19.2 Å². The first-order chi connectivity index (χ1) is 14.7. The summed E-state index contributed by atoms with van der Waals surface area (Å²) in [5, 5.41) is 3.61. The molecule has 1 heterocycles. The van der Waals surface area contributed by atoms with E-state index in [1.807, 2.05) is 35.8 Å². The average molecular weight is 463 g/mol. The molecule has 0 aliphatic carbocycles. The number of imidazole rings is 1. The summed E-state index contributed by atoms with van der Waals surface area (Å²) in [6.07, 6.45) is 1.49. The Morgan fingerprint density at radius 1 is 1.16 bits per heavy atom. The van der Waals surface area contributed by atoms with Crippen LogP contribution in [-0.2, 0) is 34.2 Å². The second-order valence-corrected chi connectivity index (χ2v) is 10.0. The van der Waals surface area contributed by atoms with Crippen molar-refractivity contribution in [2.75, 3.05) is 20.6 Å². The Morgan fingerprint density at radius 3 is 2.61 bits per heavy atom. The normalized spacial score (nSPS) is 11.9. The summed E-state index contributed by atoms with van der Waals surface area (Å²) in [4.78, 5) is 17.1. The number of fused-ring (bicyclic) bond motifs is 1. The lowest BCUT2D eigenvalue weighted by atomic mass is 10.1. The molecule has 0 aliphatic heterocycles. The third-order valence-corrected chi connectivity index (χ3v) is 7.14. The van der Waals surface area contributed by atoms with E-state index in [1.165, 1.54) is 18.4 Å². The number of aryl methyl sites for hydroxylation is 2. The van der Waals surface area contributed by atoms with Crippen LogP contribution in [0.3, 0.4) is 0 Å². The third kappa shape index (κ3) is 5.44. The molecule has 0 aliphatic rings. The molecule has 7 nitrogen and oxygen atoms in total. The van der Waals surface area contributed by atoms with Gasteiger partial charge in [-0.05, 0) is 49.2 Å². The molecule has 1 amide bonds. The van der Waals surface area contributed by atoms with E-state index < -0.39 is 10.0 Å². The van der Waals surface area contributed by atoms with E-state index in [4.69, 9.17) is 11.6 Å². The maximum absolute atomic E-state index is 12.4. The number of nitrogens with one attached hydrogen (secondary N) is 1. The zero-order valence-electron chi connectivity index (χ0n) is 17.9. The first-order valence-corrected chi connectivity index (χ1v) is 12.0. The second-order valence-electron chi connectivity index (χ2n) is 7.44. The summed E-state index contributed by atoms with van der Waals surface area (Å²) in [5.74, 6) is 0.717. The molecule has 9 heteroatoms. The van der Waals surface area contributed by atoms with E-state index in [1.54, 1.807) is 18.2 Å². The van der Waals surface area contributed by atoms with Crippen molar-refractivity contribution in [3.05, 3.63) is 58.9 Å². The molecule has 166 valence electrons. The highest BCUT2D eigenvalue weighted by Gasteiger charge is 2.19. The molecule has 0 saturated heterocycles. The van der Waals surface area contributed by atoms with E-state index in [9.17, 15) is 13.2 Å². The van der Waals surface area contributed by atoms with Gasteiger partial charge < -0.3 is 9.88 Å². The largest absolute Gasteiger partial charge is 0.356 e. The minimum atomic E-state index is -3.53. The Balaban J connectivity index is 1.66. The quantitative estimate of drug-likeness (QED) is 0.529. The number of nitrogens with zero attached hydrogens (tertiary/aromatic N) is 3. The SMILES string of the molecule is CCn1c(CCC(=O)NCCc2cccc(Cl)c2)nc2cc(S(=O)(=O)N(C)C)ccc21. The van der Waals surface area contributed by atoms with Gasteiger partial charge in [0, 0.05) is 45.0 Å². The minimum absolute atomic E-state index is 0.0485. The van der Waals surface area contributed by atoms with Gasteiger partial charge in [0.15, 0.2) is 0 Å². The minimum Gasteiger partial charge on any atom is -0.356 e. The van der Waals surface area contributed by atoms with Gasteiger partial charge in [0.25, 0.3) is 0 Å². The third-order valence-electron chi connectivity index (χ3n) is 5.09. The first-order valence-electron chi connectivity index (χ1n) is 10.1. The Labute approximate surface area is 188 Å². The van der Waals surface area contributed by atoms with Gasteiger partial charge in [0.05, 0.1) is 15.9 Å². The Bertz CT molecular complexity index is 1190. The smallest absolute Gasteiger partial charge is 0.242 e. The molecule has 0 saturated carbocycles. The number of rotatable bonds is 9. The molecule has 3 rings (SSSR count). The molecular weight excluding hydrogens is 436 g/mol. The Morgan fingerprint density at radius 2 is 1.94 bits per heavy atom. The maximum atomic E-state index is 12.4. The number of hydrogen-bond donors (Lipinski definition) is 1. The van der Waals surface area contributed by atoms with E-state index in [0.717, 1.165) is 16.9 Å². The summed E-state index contributed by atoms with van der Waals surface area (Å²) in [7, 11) is -0.527. The van der Waals surface area contributed by atoms with Crippen LogP contribution in [0.15, 0.2) is 47.4 Å².